The van der Waals surface area contributed by atoms with Crippen LogP contribution in [-0.2, 0) is 20.9 Å². The first-order valence-electron chi connectivity index (χ1n) is 10.8. The summed E-state index contributed by atoms with van der Waals surface area (Å²) in [6, 6.07) is 10.4. The van der Waals surface area contributed by atoms with E-state index in [-0.39, 0.29) is 12.3 Å². The van der Waals surface area contributed by atoms with Crippen molar-refractivity contribution in [2.24, 2.45) is 4.99 Å². The van der Waals surface area contributed by atoms with Gasteiger partial charge in [0.05, 0.1) is 36.5 Å². The van der Waals surface area contributed by atoms with Crippen molar-refractivity contribution in [2.75, 3.05) is 0 Å². The smallest absolute Gasteiger partial charge is 0.338 e. The maximum Gasteiger partial charge on any atom is 0.338 e. The number of amidine groups is 1. The van der Waals surface area contributed by atoms with Crippen LogP contribution in [0.5, 0.6) is 0 Å². The second-order valence-corrected chi connectivity index (χ2v) is 10.3. The van der Waals surface area contributed by atoms with Gasteiger partial charge < -0.3 is 19.4 Å². The summed E-state index contributed by atoms with van der Waals surface area (Å²) in [5, 5.41) is 6.08. The first-order chi connectivity index (χ1) is 16.1. The molecular weight excluding hydrogens is 474 g/mol. The zero-order valence-corrected chi connectivity index (χ0v) is 21.0. The summed E-state index contributed by atoms with van der Waals surface area (Å²) in [4.78, 5) is 32.7. The van der Waals surface area contributed by atoms with Gasteiger partial charge in [-0.15, -0.1) is 0 Å². The summed E-state index contributed by atoms with van der Waals surface area (Å²) in [7, 11) is 0. The van der Waals surface area contributed by atoms with Crippen molar-refractivity contribution in [3.63, 3.8) is 0 Å². The van der Waals surface area contributed by atoms with Gasteiger partial charge in [0.25, 0.3) is 0 Å². The number of furan rings is 1. The molecule has 9 heteroatoms. The Kier molecular flexibility index (Phi) is 6.91. The normalized spacial score (nSPS) is 17.8. The van der Waals surface area contributed by atoms with Crippen LogP contribution in [0, 0.1) is 0 Å². The third-order valence-corrected chi connectivity index (χ3v) is 6.33. The molecule has 178 valence electrons. The molecule has 0 saturated carbocycles. The number of thioether (sulfide) groups is 1. The Balaban J connectivity index is 1.64. The van der Waals surface area contributed by atoms with E-state index >= 15 is 0 Å². The maximum absolute atomic E-state index is 13.3. The number of nitrogens with zero attached hydrogens (tertiary/aromatic N) is 2. The van der Waals surface area contributed by atoms with E-state index in [4.69, 9.17) is 20.8 Å². The van der Waals surface area contributed by atoms with Crippen molar-refractivity contribution in [1.82, 2.24) is 10.2 Å². The third-order valence-electron chi connectivity index (χ3n) is 5.19. The molecule has 34 heavy (non-hydrogen) atoms. The van der Waals surface area contributed by atoms with E-state index in [1.165, 1.54) is 11.8 Å². The number of fused-ring (bicyclic) bond motifs is 1. The zero-order chi connectivity index (χ0) is 24.5. The Morgan fingerprint density at radius 1 is 1.24 bits per heavy atom. The number of carbonyl (C=O) groups excluding carboxylic acids is 2. The molecule has 1 aromatic carbocycles. The van der Waals surface area contributed by atoms with Gasteiger partial charge in [0.2, 0.25) is 5.91 Å². The fourth-order valence-electron chi connectivity index (χ4n) is 3.75. The van der Waals surface area contributed by atoms with Crippen molar-refractivity contribution in [2.45, 2.75) is 52.3 Å². The van der Waals surface area contributed by atoms with Gasteiger partial charge in [-0.25, -0.2) is 9.79 Å². The number of halogens is 1. The Morgan fingerprint density at radius 3 is 2.62 bits per heavy atom. The van der Waals surface area contributed by atoms with Crippen LogP contribution in [0.2, 0.25) is 5.02 Å². The van der Waals surface area contributed by atoms with Gasteiger partial charge >= 0.3 is 5.97 Å². The lowest BCUT2D eigenvalue weighted by molar-refractivity contribution is -0.150. The van der Waals surface area contributed by atoms with E-state index in [9.17, 15) is 9.59 Å². The first kappa shape index (κ1) is 24.2. The monoisotopic (exact) mass is 499 g/mol. The second kappa shape index (κ2) is 9.72. The largest absolute Gasteiger partial charge is 0.467 e. The van der Waals surface area contributed by atoms with Crippen LogP contribution in [0.15, 0.2) is 74.4 Å². The van der Waals surface area contributed by atoms with Crippen LogP contribution in [0.1, 0.15) is 51.5 Å². The van der Waals surface area contributed by atoms with Crippen LogP contribution in [-0.4, -0.2) is 27.5 Å². The molecule has 4 rings (SSSR count). The van der Waals surface area contributed by atoms with Gasteiger partial charge in [-0.2, -0.15) is 0 Å². The number of esters is 1. The molecule has 0 radical (unpaired) electrons. The van der Waals surface area contributed by atoms with Crippen LogP contribution >= 0.6 is 23.4 Å². The fraction of sp³-hybridized carbons (Fsp3) is 0.320. The van der Waals surface area contributed by atoms with Crippen molar-refractivity contribution >= 4 is 40.4 Å². The van der Waals surface area contributed by atoms with Crippen molar-refractivity contribution in [3.05, 3.63) is 81.4 Å². The Bertz CT molecular complexity index is 1180. The molecule has 2 aliphatic rings. The fourth-order valence-corrected chi connectivity index (χ4v) is 4.84. The highest BCUT2D eigenvalue weighted by Gasteiger charge is 2.41. The molecule has 0 unspecified atom stereocenters. The number of hydrogen-bond acceptors (Lipinski definition) is 7. The van der Waals surface area contributed by atoms with Gasteiger partial charge in [-0.1, -0.05) is 35.5 Å². The maximum atomic E-state index is 13.3. The van der Waals surface area contributed by atoms with Gasteiger partial charge in [-0.05, 0) is 62.9 Å². The summed E-state index contributed by atoms with van der Waals surface area (Å²) < 4.78 is 11.0. The van der Waals surface area contributed by atoms with Crippen LogP contribution in [0.3, 0.4) is 0 Å². The predicted octanol–water partition coefficient (Wildman–Crippen LogP) is 5.56. The standard InChI is InChI=1S/C25H26ClN3O4S/c1-15-21(23(31)33-25(2,3)4)22(16-7-9-17(26)10-8-16)29-18(14-34-24(29)28-15)12-20(30)27-13-19-6-5-11-32-19/h5-11,14,22H,12-13H2,1-4H3,(H,27,30)/t22-/m1/s1. The Labute approximate surface area is 207 Å². The van der Waals surface area contributed by atoms with E-state index in [0.29, 0.717) is 33.8 Å². The molecule has 0 aliphatic carbocycles. The number of allylic oxidation sites excluding steroid dienone is 1. The number of amides is 1. The third kappa shape index (κ3) is 5.39. The average Bonchev–Trinajstić information content (AvgIpc) is 3.41. The molecule has 2 aromatic rings. The topological polar surface area (TPSA) is 84.1 Å². The van der Waals surface area contributed by atoms with Crippen molar-refractivity contribution < 1.29 is 18.7 Å². The molecule has 0 fully saturated rings. The molecule has 1 aromatic heterocycles. The molecule has 2 aliphatic heterocycles. The van der Waals surface area contributed by atoms with E-state index in [2.05, 4.69) is 10.3 Å². The van der Waals surface area contributed by atoms with Crippen LogP contribution in [0.25, 0.3) is 0 Å². The summed E-state index contributed by atoms with van der Waals surface area (Å²) in [6.45, 7) is 7.60. The molecule has 1 atom stereocenters. The van der Waals surface area contributed by atoms with Gasteiger partial charge in [0, 0.05) is 10.7 Å². The number of nitrogens with one attached hydrogen (secondary N) is 1. The number of hydrogen-bond donors (Lipinski definition) is 1. The first-order valence-corrected chi connectivity index (χ1v) is 12.1. The highest BCUT2D eigenvalue weighted by molar-refractivity contribution is 8.16. The van der Waals surface area contributed by atoms with Gasteiger partial charge in [0.1, 0.15) is 11.4 Å². The van der Waals surface area contributed by atoms with Gasteiger partial charge in [-0.3, -0.25) is 4.79 Å². The molecule has 3 heterocycles. The number of carbonyl (C=O) groups is 2. The summed E-state index contributed by atoms with van der Waals surface area (Å²) in [6.07, 6.45) is 1.69. The Hall–Kier alpha value is -2.97. The minimum absolute atomic E-state index is 0.122. The molecule has 0 bridgehead atoms. The second-order valence-electron chi connectivity index (χ2n) is 8.98. The van der Waals surface area contributed by atoms with Crippen LogP contribution in [0.4, 0.5) is 0 Å². The molecule has 0 spiro atoms. The van der Waals surface area contributed by atoms with E-state index in [1.807, 2.05) is 43.2 Å². The minimum Gasteiger partial charge on any atom is -0.467 e. The number of ether oxygens (including phenoxy) is 1. The lowest BCUT2D eigenvalue weighted by Crippen LogP contribution is -2.39. The Morgan fingerprint density at radius 2 is 1.97 bits per heavy atom. The molecule has 1 N–H and O–H groups in total. The minimum atomic E-state index is -0.664. The number of aliphatic imine (C=N–C) groups is 1. The summed E-state index contributed by atoms with van der Waals surface area (Å²) >= 11 is 7.56. The van der Waals surface area contributed by atoms with Gasteiger partial charge in [0.15, 0.2) is 5.17 Å². The summed E-state index contributed by atoms with van der Waals surface area (Å²) in [5.41, 5.74) is 1.95. The van der Waals surface area contributed by atoms with E-state index < -0.39 is 17.6 Å². The quantitative estimate of drug-likeness (QED) is 0.524. The highest BCUT2D eigenvalue weighted by atomic mass is 35.5. The molecule has 7 nitrogen and oxygen atoms in total. The van der Waals surface area contributed by atoms with Crippen LogP contribution < -0.4 is 5.32 Å². The summed E-state index contributed by atoms with van der Waals surface area (Å²) in [5.74, 6) is 0.0730. The van der Waals surface area contributed by atoms with E-state index in [0.717, 1.165) is 11.3 Å². The van der Waals surface area contributed by atoms with E-state index in [1.54, 1.807) is 37.5 Å². The lowest BCUT2D eigenvalue weighted by atomic mass is 9.93. The number of rotatable bonds is 6. The van der Waals surface area contributed by atoms with Crippen molar-refractivity contribution in [3.8, 4) is 0 Å². The SMILES string of the molecule is CC1=C(C(=O)OC(C)(C)C)[C@@H](c2ccc(Cl)cc2)N2C(CC(=O)NCc3ccco3)=CSC2=N1. The molecule has 0 saturated heterocycles. The predicted molar refractivity (Wildman–Crippen MR) is 133 cm³/mol. The molecular formula is C25H26ClN3O4S. The number of benzene rings is 1. The lowest BCUT2D eigenvalue weighted by Gasteiger charge is -2.37. The average molecular weight is 500 g/mol. The molecule has 1 amide bonds. The van der Waals surface area contributed by atoms with Crippen molar-refractivity contribution in [1.29, 1.82) is 0 Å². The highest BCUT2D eigenvalue weighted by Crippen LogP contribution is 2.45. The zero-order valence-electron chi connectivity index (χ0n) is 19.4.